The van der Waals surface area contributed by atoms with E-state index in [1.54, 1.807) is 0 Å². The van der Waals surface area contributed by atoms with E-state index in [-0.39, 0.29) is 3.55 Å². The normalized spacial score (nSPS) is 16.0. The maximum atomic E-state index is 5.85. The highest BCUT2D eigenvalue weighted by atomic mass is 127. The van der Waals surface area contributed by atoms with Crippen LogP contribution in [0.2, 0.25) is 5.02 Å². The Hall–Kier alpha value is 0.200. The lowest BCUT2D eigenvalue weighted by Gasteiger charge is -2.16. The highest BCUT2D eigenvalue weighted by Gasteiger charge is 2.14. The van der Waals surface area contributed by atoms with E-state index >= 15 is 0 Å². The fraction of sp³-hybridized carbons (Fsp3) is 0.250. The van der Waals surface area contributed by atoms with Crippen molar-refractivity contribution in [2.45, 2.75) is 10.5 Å². The molecule has 3 heteroatoms. The van der Waals surface area contributed by atoms with Gasteiger partial charge in [-0.3, -0.25) is 0 Å². The third-order valence-electron chi connectivity index (χ3n) is 1.41. The van der Waals surface area contributed by atoms with Crippen LogP contribution in [0.5, 0.6) is 0 Å². The number of nitrogens with two attached hydrogens (primary N) is 1. The van der Waals surface area contributed by atoms with Crippen LogP contribution in [0.1, 0.15) is 12.5 Å². The van der Waals surface area contributed by atoms with Gasteiger partial charge in [0.2, 0.25) is 0 Å². The molecule has 0 aliphatic rings. The van der Waals surface area contributed by atoms with E-state index in [9.17, 15) is 0 Å². The van der Waals surface area contributed by atoms with Crippen molar-refractivity contribution in [3.63, 3.8) is 0 Å². The average molecular weight is 282 g/mol. The Morgan fingerprint density at radius 2 is 1.82 bits per heavy atom. The first-order valence-electron chi connectivity index (χ1n) is 3.24. The Bertz CT molecular complexity index is 237. The summed E-state index contributed by atoms with van der Waals surface area (Å²) >= 11 is 7.91. The Kier molecular flexibility index (Phi) is 2.78. The van der Waals surface area contributed by atoms with Crippen molar-refractivity contribution >= 4 is 34.2 Å². The molecule has 1 atom stereocenters. The monoisotopic (exact) mass is 281 g/mol. The van der Waals surface area contributed by atoms with Crippen molar-refractivity contribution in [1.29, 1.82) is 0 Å². The first-order valence-corrected chi connectivity index (χ1v) is 4.69. The topological polar surface area (TPSA) is 26.0 Å². The number of alkyl halides is 1. The third-order valence-corrected chi connectivity index (χ3v) is 2.28. The van der Waals surface area contributed by atoms with Gasteiger partial charge in [-0.1, -0.05) is 46.3 Å². The summed E-state index contributed by atoms with van der Waals surface area (Å²) in [4.78, 5) is 0. The standard InChI is InChI=1S/C8H9ClIN/c1-8(10,11)6-2-4-7(9)5-3-6/h2-5H,11H2,1H3/t8-/m1/s1. The SMILES string of the molecule is C[C@](N)(I)c1ccc(Cl)cc1. The minimum atomic E-state index is -0.303. The molecule has 0 radical (unpaired) electrons. The molecule has 0 aromatic heterocycles. The van der Waals surface area contributed by atoms with E-state index in [0.717, 1.165) is 10.6 Å². The fourth-order valence-electron chi connectivity index (χ4n) is 0.776. The lowest BCUT2D eigenvalue weighted by atomic mass is 10.1. The van der Waals surface area contributed by atoms with Crippen molar-refractivity contribution < 1.29 is 0 Å². The first-order chi connectivity index (χ1) is 5.00. The van der Waals surface area contributed by atoms with Crippen LogP contribution in [-0.4, -0.2) is 0 Å². The molecule has 1 aromatic rings. The van der Waals surface area contributed by atoms with Gasteiger partial charge in [0.1, 0.15) is 0 Å². The minimum Gasteiger partial charge on any atom is -0.313 e. The van der Waals surface area contributed by atoms with Gasteiger partial charge >= 0.3 is 0 Å². The molecule has 0 aliphatic heterocycles. The smallest absolute Gasteiger partial charge is 0.0906 e. The fourth-order valence-corrected chi connectivity index (χ4v) is 1.26. The molecule has 0 unspecified atom stereocenters. The van der Waals surface area contributed by atoms with Gasteiger partial charge < -0.3 is 5.73 Å². The van der Waals surface area contributed by atoms with Gasteiger partial charge in [-0.2, -0.15) is 0 Å². The summed E-state index contributed by atoms with van der Waals surface area (Å²) in [5.41, 5.74) is 6.94. The average Bonchev–Trinajstić information content (AvgIpc) is 1.86. The summed E-state index contributed by atoms with van der Waals surface area (Å²) in [7, 11) is 0. The van der Waals surface area contributed by atoms with Crippen LogP contribution in [0, 0.1) is 0 Å². The van der Waals surface area contributed by atoms with Crippen LogP contribution < -0.4 is 5.73 Å². The van der Waals surface area contributed by atoms with Crippen LogP contribution in [0.3, 0.4) is 0 Å². The molecule has 11 heavy (non-hydrogen) atoms. The number of hydrogen-bond donors (Lipinski definition) is 1. The summed E-state index contributed by atoms with van der Waals surface area (Å²) in [6, 6.07) is 7.57. The molecule has 0 saturated heterocycles. The van der Waals surface area contributed by atoms with Crippen molar-refractivity contribution in [3.8, 4) is 0 Å². The first kappa shape index (κ1) is 9.29. The Morgan fingerprint density at radius 1 is 1.36 bits per heavy atom. The van der Waals surface area contributed by atoms with E-state index in [1.165, 1.54) is 0 Å². The van der Waals surface area contributed by atoms with Crippen molar-refractivity contribution in [2.24, 2.45) is 5.73 Å². The molecule has 0 spiro atoms. The van der Waals surface area contributed by atoms with Crippen LogP contribution in [0.4, 0.5) is 0 Å². The summed E-state index contributed by atoms with van der Waals surface area (Å²) in [6.45, 7) is 1.96. The van der Waals surface area contributed by atoms with Crippen molar-refractivity contribution in [2.75, 3.05) is 0 Å². The van der Waals surface area contributed by atoms with Crippen LogP contribution in [0.15, 0.2) is 24.3 Å². The number of benzene rings is 1. The minimum absolute atomic E-state index is 0.303. The Labute approximate surface area is 85.1 Å². The van der Waals surface area contributed by atoms with Gasteiger partial charge in [-0.15, -0.1) is 0 Å². The quantitative estimate of drug-likeness (QED) is 0.478. The van der Waals surface area contributed by atoms with E-state index in [4.69, 9.17) is 17.3 Å². The lowest BCUT2D eigenvalue weighted by molar-refractivity contribution is 0.780. The molecule has 1 rings (SSSR count). The molecule has 1 aromatic carbocycles. The second-order valence-corrected chi connectivity index (χ2v) is 5.26. The van der Waals surface area contributed by atoms with Gasteiger partial charge in [-0.25, -0.2) is 0 Å². The summed E-state index contributed by atoms with van der Waals surface area (Å²) in [5.74, 6) is 0. The van der Waals surface area contributed by atoms with E-state index in [1.807, 2.05) is 31.2 Å². The number of halogens is 2. The van der Waals surface area contributed by atoms with Gasteiger partial charge in [0.25, 0.3) is 0 Å². The molecule has 2 N–H and O–H groups in total. The summed E-state index contributed by atoms with van der Waals surface area (Å²) < 4.78 is -0.303. The molecule has 0 heterocycles. The molecule has 0 amide bonds. The number of hydrogen-bond acceptors (Lipinski definition) is 1. The maximum Gasteiger partial charge on any atom is 0.0906 e. The highest BCUT2D eigenvalue weighted by molar-refractivity contribution is 14.1. The van der Waals surface area contributed by atoms with Crippen molar-refractivity contribution in [1.82, 2.24) is 0 Å². The second-order valence-electron chi connectivity index (χ2n) is 2.58. The summed E-state index contributed by atoms with van der Waals surface area (Å²) in [5, 5.41) is 0.745. The largest absolute Gasteiger partial charge is 0.313 e. The van der Waals surface area contributed by atoms with Crippen LogP contribution >= 0.6 is 34.2 Å². The molecule has 1 nitrogen and oxygen atoms in total. The zero-order valence-electron chi connectivity index (χ0n) is 6.14. The zero-order chi connectivity index (χ0) is 8.48. The van der Waals surface area contributed by atoms with E-state index in [0.29, 0.717) is 0 Å². The predicted molar refractivity (Wildman–Crippen MR) is 57.0 cm³/mol. The van der Waals surface area contributed by atoms with Gasteiger partial charge in [0.15, 0.2) is 0 Å². The number of rotatable bonds is 1. The lowest BCUT2D eigenvalue weighted by Crippen LogP contribution is -2.24. The maximum absolute atomic E-state index is 5.85. The Morgan fingerprint density at radius 3 is 2.18 bits per heavy atom. The predicted octanol–water partition coefficient (Wildman–Crippen LogP) is 2.91. The molecule has 0 saturated carbocycles. The highest BCUT2D eigenvalue weighted by Crippen LogP contribution is 2.25. The molecular formula is C8H9ClIN. The Balaban J connectivity index is 2.99. The van der Waals surface area contributed by atoms with Crippen LogP contribution in [0.25, 0.3) is 0 Å². The molecule has 0 aliphatic carbocycles. The summed E-state index contributed by atoms with van der Waals surface area (Å²) in [6.07, 6.45) is 0. The molecule has 0 bridgehead atoms. The molecular weight excluding hydrogens is 272 g/mol. The van der Waals surface area contributed by atoms with E-state index in [2.05, 4.69) is 22.6 Å². The second kappa shape index (κ2) is 3.29. The van der Waals surface area contributed by atoms with Gasteiger partial charge in [0.05, 0.1) is 3.55 Å². The zero-order valence-corrected chi connectivity index (χ0v) is 9.06. The van der Waals surface area contributed by atoms with Gasteiger partial charge in [-0.05, 0) is 24.6 Å². The van der Waals surface area contributed by atoms with Gasteiger partial charge in [0, 0.05) is 5.02 Å². The molecule has 60 valence electrons. The van der Waals surface area contributed by atoms with E-state index < -0.39 is 0 Å². The van der Waals surface area contributed by atoms with Crippen LogP contribution in [-0.2, 0) is 3.55 Å². The van der Waals surface area contributed by atoms with Crippen molar-refractivity contribution in [3.05, 3.63) is 34.9 Å². The molecule has 0 fully saturated rings. The third kappa shape index (κ3) is 2.61.